The molecule has 2 rings (SSSR count). The van der Waals surface area contributed by atoms with Gasteiger partial charge in [0.25, 0.3) is 0 Å². The van der Waals surface area contributed by atoms with Crippen molar-refractivity contribution in [2.75, 3.05) is 45.9 Å². The van der Waals surface area contributed by atoms with Crippen LogP contribution in [-0.4, -0.2) is 75.4 Å². The van der Waals surface area contributed by atoms with Crippen molar-refractivity contribution in [2.24, 2.45) is 0 Å². The summed E-state index contributed by atoms with van der Waals surface area (Å²) >= 11 is 0. The fraction of sp³-hybridized carbons (Fsp3) is 0.556. The summed E-state index contributed by atoms with van der Waals surface area (Å²) in [6, 6.07) is 6.60. The van der Waals surface area contributed by atoms with Crippen LogP contribution in [-0.2, 0) is 30.8 Å². The van der Waals surface area contributed by atoms with Crippen molar-refractivity contribution in [3.8, 4) is 0 Å². The van der Waals surface area contributed by atoms with Gasteiger partial charge in [0, 0.05) is 32.7 Å². The van der Waals surface area contributed by atoms with Crippen LogP contribution in [0.5, 0.6) is 0 Å². The molecule has 0 radical (unpaired) electrons. The molecule has 1 aliphatic heterocycles. The molecule has 2 amide bonds. The smallest absolute Gasteiger partial charge is 0.311 e. The first-order valence-corrected chi connectivity index (χ1v) is 10.6. The average molecular weight is 397 g/mol. The first kappa shape index (κ1) is 21.3. The normalized spacial score (nSPS) is 15.3. The number of sulfonamides is 1. The Morgan fingerprint density at radius 1 is 1.11 bits per heavy atom. The number of hydrogen-bond donors (Lipinski definition) is 1. The minimum absolute atomic E-state index is 0.244. The van der Waals surface area contributed by atoms with E-state index in [2.05, 4.69) is 5.32 Å². The Morgan fingerprint density at radius 3 is 2.26 bits per heavy atom. The molecule has 8 nitrogen and oxygen atoms in total. The van der Waals surface area contributed by atoms with Crippen LogP contribution in [0.3, 0.4) is 0 Å². The summed E-state index contributed by atoms with van der Waals surface area (Å²) in [5.74, 6) is -1.16. The maximum atomic E-state index is 12.6. The van der Waals surface area contributed by atoms with E-state index in [1.165, 1.54) is 9.21 Å². The Balaban J connectivity index is 1.88. The molecule has 27 heavy (non-hydrogen) atoms. The summed E-state index contributed by atoms with van der Waals surface area (Å²) in [6.07, 6.45) is 0.509. The molecular weight excluding hydrogens is 370 g/mol. The van der Waals surface area contributed by atoms with Crippen molar-refractivity contribution >= 4 is 21.8 Å². The van der Waals surface area contributed by atoms with Crippen molar-refractivity contribution in [1.29, 1.82) is 0 Å². The fourth-order valence-electron chi connectivity index (χ4n) is 2.81. The summed E-state index contributed by atoms with van der Waals surface area (Å²) in [5.41, 5.74) is 0.881. The van der Waals surface area contributed by atoms with Gasteiger partial charge >= 0.3 is 11.8 Å². The van der Waals surface area contributed by atoms with E-state index in [-0.39, 0.29) is 4.90 Å². The zero-order valence-corrected chi connectivity index (χ0v) is 16.6. The molecule has 150 valence electrons. The number of rotatable bonds is 7. The third-order valence-electron chi connectivity index (χ3n) is 4.48. The lowest BCUT2D eigenvalue weighted by Crippen LogP contribution is -2.43. The first-order valence-electron chi connectivity index (χ1n) is 9.14. The monoisotopic (exact) mass is 397 g/mol. The summed E-state index contributed by atoms with van der Waals surface area (Å²) in [7, 11) is -3.51. The van der Waals surface area contributed by atoms with Crippen molar-refractivity contribution in [3.63, 3.8) is 0 Å². The van der Waals surface area contributed by atoms with E-state index in [0.29, 0.717) is 52.4 Å². The number of ether oxygens (including phenoxy) is 1. The fourth-order valence-corrected chi connectivity index (χ4v) is 4.22. The average Bonchev–Trinajstić information content (AvgIpc) is 2.69. The van der Waals surface area contributed by atoms with Crippen LogP contribution in [0, 0.1) is 0 Å². The molecule has 1 heterocycles. The molecule has 0 bridgehead atoms. The summed E-state index contributed by atoms with van der Waals surface area (Å²) in [6.45, 7) is 6.45. The Morgan fingerprint density at radius 2 is 1.70 bits per heavy atom. The molecule has 1 aromatic carbocycles. The quantitative estimate of drug-likeness (QED) is 0.665. The number of morpholine rings is 1. The minimum Gasteiger partial charge on any atom is -0.379 e. The van der Waals surface area contributed by atoms with Gasteiger partial charge in [-0.3, -0.25) is 9.59 Å². The Bertz CT molecular complexity index is 739. The van der Waals surface area contributed by atoms with Gasteiger partial charge in [-0.05, 0) is 38.0 Å². The molecule has 1 N–H and O–H groups in total. The Hall–Kier alpha value is -1.97. The number of carbonyl (C=O) groups is 2. The predicted molar refractivity (Wildman–Crippen MR) is 101 cm³/mol. The van der Waals surface area contributed by atoms with Crippen LogP contribution in [0.2, 0.25) is 0 Å². The van der Waals surface area contributed by atoms with E-state index in [4.69, 9.17) is 4.74 Å². The second kappa shape index (κ2) is 9.82. The van der Waals surface area contributed by atoms with Gasteiger partial charge < -0.3 is 15.0 Å². The third kappa shape index (κ3) is 5.50. The van der Waals surface area contributed by atoms with Crippen LogP contribution in [0.15, 0.2) is 29.2 Å². The van der Waals surface area contributed by atoms with Gasteiger partial charge in [-0.15, -0.1) is 0 Å². The standard InChI is InChI=1S/C18H27N3O5S/c1-3-20(4-2)18(23)17(22)19-10-9-15-5-7-16(8-6-15)27(24,25)21-11-13-26-14-12-21/h5-8H,3-4,9-14H2,1-2H3,(H,19,22). The summed E-state index contributed by atoms with van der Waals surface area (Å²) < 4.78 is 31.8. The molecule has 9 heteroatoms. The maximum absolute atomic E-state index is 12.6. The molecule has 1 fully saturated rings. The predicted octanol–water partition coefficient (Wildman–Crippen LogP) is 0.235. The third-order valence-corrected chi connectivity index (χ3v) is 6.39. The van der Waals surface area contributed by atoms with Gasteiger partial charge in [0.1, 0.15) is 0 Å². The lowest BCUT2D eigenvalue weighted by atomic mass is 10.1. The number of likely N-dealkylation sites (N-methyl/N-ethyl adjacent to an activating group) is 1. The van der Waals surface area contributed by atoms with E-state index < -0.39 is 21.8 Å². The van der Waals surface area contributed by atoms with Crippen molar-refractivity contribution < 1.29 is 22.7 Å². The summed E-state index contributed by atoms with van der Waals surface area (Å²) in [5, 5.41) is 2.61. The molecule has 0 spiro atoms. The van der Waals surface area contributed by atoms with Crippen molar-refractivity contribution in [3.05, 3.63) is 29.8 Å². The Kier molecular flexibility index (Phi) is 7.76. The SMILES string of the molecule is CCN(CC)C(=O)C(=O)NCCc1ccc(S(=O)(=O)N2CCOCC2)cc1. The van der Waals surface area contributed by atoms with Crippen molar-refractivity contribution in [2.45, 2.75) is 25.2 Å². The number of benzene rings is 1. The van der Waals surface area contributed by atoms with Gasteiger partial charge in [0.15, 0.2) is 0 Å². The second-order valence-corrected chi connectivity index (χ2v) is 8.08. The number of nitrogens with one attached hydrogen (secondary N) is 1. The topological polar surface area (TPSA) is 96.0 Å². The number of carbonyl (C=O) groups excluding carboxylic acids is 2. The maximum Gasteiger partial charge on any atom is 0.311 e. The number of nitrogens with zero attached hydrogens (tertiary/aromatic N) is 2. The Labute approximate surface area is 160 Å². The second-order valence-electron chi connectivity index (χ2n) is 6.14. The molecular formula is C18H27N3O5S. The van der Waals surface area contributed by atoms with Gasteiger partial charge in [-0.25, -0.2) is 8.42 Å². The molecule has 0 unspecified atom stereocenters. The molecule has 1 aliphatic rings. The minimum atomic E-state index is -3.51. The highest BCUT2D eigenvalue weighted by atomic mass is 32.2. The highest BCUT2D eigenvalue weighted by molar-refractivity contribution is 7.89. The number of amides is 2. The van der Waals surface area contributed by atoms with Crippen molar-refractivity contribution in [1.82, 2.24) is 14.5 Å². The number of hydrogen-bond acceptors (Lipinski definition) is 5. The van der Waals surface area contributed by atoms with Gasteiger partial charge in [-0.2, -0.15) is 4.31 Å². The van der Waals surface area contributed by atoms with E-state index in [1.807, 2.05) is 13.8 Å². The largest absolute Gasteiger partial charge is 0.379 e. The zero-order chi connectivity index (χ0) is 19.9. The van der Waals surface area contributed by atoms with Crippen LogP contribution in [0.25, 0.3) is 0 Å². The molecule has 1 aromatic rings. The molecule has 0 aromatic heterocycles. The van der Waals surface area contributed by atoms with Gasteiger partial charge in [0.05, 0.1) is 18.1 Å². The van der Waals surface area contributed by atoms with Crippen LogP contribution < -0.4 is 5.32 Å². The van der Waals surface area contributed by atoms with E-state index >= 15 is 0 Å². The lowest BCUT2D eigenvalue weighted by Gasteiger charge is -2.26. The summed E-state index contributed by atoms with van der Waals surface area (Å²) in [4.78, 5) is 25.4. The van der Waals surface area contributed by atoms with Crippen LogP contribution in [0.1, 0.15) is 19.4 Å². The highest BCUT2D eigenvalue weighted by Crippen LogP contribution is 2.17. The lowest BCUT2D eigenvalue weighted by molar-refractivity contribution is -0.145. The zero-order valence-electron chi connectivity index (χ0n) is 15.8. The first-order chi connectivity index (χ1) is 12.9. The molecule has 0 saturated carbocycles. The van der Waals surface area contributed by atoms with Crippen LogP contribution in [0.4, 0.5) is 0 Å². The molecule has 0 atom stereocenters. The molecule has 0 aliphatic carbocycles. The van der Waals surface area contributed by atoms with Gasteiger partial charge in [0.2, 0.25) is 10.0 Å². The van der Waals surface area contributed by atoms with E-state index in [9.17, 15) is 18.0 Å². The van der Waals surface area contributed by atoms with E-state index in [1.54, 1.807) is 24.3 Å². The van der Waals surface area contributed by atoms with Crippen LogP contribution >= 0.6 is 0 Å². The molecule has 1 saturated heterocycles. The van der Waals surface area contributed by atoms with E-state index in [0.717, 1.165) is 5.56 Å². The van der Waals surface area contributed by atoms with Gasteiger partial charge in [-0.1, -0.05) is 12.1 Å². The highest BCUT2D eigenvalue weighted by Gasteiger charge is 2.26.